The quantitative estimate of drug-likeness (QED) is 0.794. The normalized spacial score (nSPS) is 10.8. The minimum Gasteiger partial charge on any atom is -0.351 e. The summed E-state index contributed by atoms with van der Waals surface area (Å²) in [5, 5.41) is 4.27. The maximum atomic E-state index is 12.0. The maximum Gasteiger partial charge on any atom is 0.269 e. The van der Waals surface area contributed by atoms with Crippen LogP contribution in [-0.2, 0) is 0 Å². The van der Waals surface area contributed by atoms with E-state index in [1.807, 2.05) is 24.3 Å². The largest absolute Gasteiger partial charge is 0.351 e. The fraction of sp³-hybridized carbons (Fsp3) is 0.357. The highest BCUT2D eigenvalue weighted by Gasteiger charge is 2.15. The third-order valence-electron chi connectivity index (χ3n) is 2.94. The zero-order valence-electron chi connectivity index (χ0n) is 10.4. The van der Waals surface area contributed by atoms with E-state index < -0.39 is 0 Å². The molecule has 18 heavy (non-hydrogen) atoms. The number of para-hydroxylation sites is 1. The molecule has 0 fully saturated rings. The van der Waals surface area contributed by atoms with Gasteiger partial charge < -0.3 is 10.3 Å². The Labute approximate surface area is 112 Å². The number of fused-ring (bicyclic) bond motifs is 1. The predicted octanol–water partition coefficient (Wildman–Crippen LogP) is 3.74. The van der Waals surface area contributed by atoms with E-state index in [-0.39, 0.29) is 5.91 Å². The number of halogens is 1. The summed E-state index contributed by atoms with van der Waals surface area (Å²) in [6.45, 7) is 2.83. The monoisotopic (exact) mass is 264 g/mol. The summed E-state index contributed by atoms with van der Waals surface area (Å²) in [5.41, 5.74) is 1.34. The Morgan fingerprint density at radius 1 is 1.33 bits per heavy atom. The molecule has 0 aliphatic carbocycles. The van der Waals surface area contributed by atoms with Gasteiger partial charge in [0.15, 0.2) is 0 Å². The summed E-state index contributed by atoms with van der Waals surface area (Å²) in [4.78, 5) is 15.0. The molecule has 2 N–H and O–H groups in total. The van der Waals surface area contributed by atoms with Crippen molar-refractivity contribution in [3.05, 3.63) is 35.0 Å². The van der Waals surface area contributed by atoms with Gasteiger partial charge in [-0.1, -0.05) is 49.6 Å². The van der Waals surface area contributed by atoms with Gasteiger partial charge in [0.25, 0.3) is 5.91 Å². The van der Waals surface area contributed by atoms with Gasteiger partial charge >= 0.3 is 0 Å². The molecule has 1 amide bonds. The van der Waals surface area contributed by atoms with Gasteiger partial charge in [-0.2, -0.15) is 0 Å². The molecular weight excluding hydrogens is 248 g/mol. The number of nitrogens with one attached hydrogen (secondary N) is 2. The summed E-state index contributed by atoms with van der Waals surface area (Å²) < 4.78 is 0. The van der Waals surface area contributed by atoms with Crippen molar-refractivity contribution in [1.29, 1.82) is 0 Å². The van der Waals surface area contributed by atoms with Crippen LogP contribution in [-0.4, -0.2) is 17.4 Å². The summed E-state index contributed by atoms with van der Waals surface area (Å²) in [7, 11) is 0. The first-order valence-corrected chi connectivity index (χ1v) is 6.66. The molecular formula is C14H17ClN2O. The van der Waals surface area contributed by atoms with Gasteiger partial charge in [-0.3, -0.25) is 4.79 Å². The number of rotatable bonds is 5. The highest BCUT2D eigenvalue weighted by molar-refractivity contribution is 6.38. The summed E-state index contributed by atoms with van der Waals surface area (Å²) in [6, 6.07) is 7.64. The number of benzene rings is 1. The first kappa shape index (κ1) is 13.0. The summed E-state index contributed by atoms with van der Waals surface area (Å²) in [6.07, 6.45) is 3.27. The van der Waals surface area contributed by atoms with Gasteiger partial charge in [-0.15, -0.1) is 0 Å². The predicted molar refractivity (Wildman–Crippen MR) is 75.2 cm³/mol. The molecule has 96 valence electrons. The average Bonchev–Trinajstić information content (AvgIpc) is 2.73. The number of hydrogen-bond acceptors (Lipinski definition) is 1. The molecule has 1 aromatic carbocycles. The topological polar surface area (TPSA) is 44.9 Å². The fourth-order valence-electron chi connectivity index (χ4n) is 1.93. The smallest absolute Gasteiger partial charge is 0.269 e. The molecule has 2 rings (SSSR count). The number of H-pyrrole nitrogens is 1. The highest BCUT2D eigenvalue weighted by atomic mass is 35.5. The third-order valence-corrected chi connectivity index (χ3v) is 3.33. The van der Waals surface area contributed by atoms with Crippen LogP contribution in [0.25, 0.3) is 10.9 Å². The van der Waals surface area contributed by atoms with E-state index in [0.717, 1.165) is 30.2 Å². The average molecular weight is 265 g/mol. The second-order valence-corrected chi connectivity index (χ2v) is 4.70. The van der Waals surface area contributed by atoms with Gasteiger partial charge in [0.1, 0.15) is 5.69 Å². The first-order chi connectivity index (χ1) is 8.74. The molecule has 2 aromatic rings. The first-order valence-electron chi connectivity index (χ1n) is 6.28. The Morgan fingerprint density at radius 2 is 2.11 bits per heavy atom. The van der Waals surface area contributed by atoms with Crippen LogP contribution < -0.4 is 5.32 Å². The Morgan fingerprint density at radius 3 is 2.83 bits per heavy atom. The van der Waals surface area contributed by atoms with Crippen LogP contribution in [0, 0.1) is 0 Å². The summed E-state index contributed by atoms with van der Waals surface area (Å²) >= 11 is 6.20. The fourth-order valence-corrected chi connectivity index (χ4v) is 2.23. The number of aromatic nitrogens is 1. The third kappa shape index (κ3) is 2.67. The van der Waals surface area contributed by atoms with Gasteiger partial charge in [0.2, 0.25) is 0 Å². The number of amides is 1. The molecule has 3 nitrogen and oxygen atoms in total. The van der Waals surface area contributed by atoms with Crippen LogP contribution >= 0.6 is 11.6 Å². The lowest BCUT2D eigenvalue weighted by Crippen LogP contribution is -2.24. The van der Waals surface area contributed by atoms with Crippen LogP contribution in [0.5, 0.6) is 0 Å². The van der Waals surface area contributed by atoms with E-state index >= 15 is 0 Å². The highest BCUT2D eigenvalue weighted by Crippen LogP contribution is 2.26. The van der Waals surface area contributed by atoms with E-state index in [9.17, 15) is 4.79 Å². The molecule has 0 aliphatic heterocycles. The van der Waals surface area contributed by atoms with Crippen molar-refractivity contribution in [2.75, 3.05) is 6.54 Å². The lowest BCUT2D eigenvalue weighted by atomic mass is 10.2. The zero-order chi connectivity index (χ0) is 13.0. The van der Waals surface area contributed by atoms with Gasteiger partial charge in [0, 0.05) is 17.4 Å². The van der Waals surface area contributed by atoms with E-state index in [4.69, 9.17) is 11.6 Å². The minimum atomic E-state index is -0.132. The van der Waals surface area contributed by atoms with E-state index in [1.165, 1.54) is 0 Å². The molecule has 0 radical (unpaired) electrons. The van der Waals surface area contributed by atoms with Crippen molar-refractivity contribution in [3.8, 4) is 0 Å². The SMILES string of the molecule is CCCCCNC(=O)c1[nH]c2ccccc2c1Cl. The number of aromatic amines is 1. The van der Waals surface area contributed by atoms with Gasteiger partial charge in [0.05, 0.1) is 5.02 Å². The van der Waals surface area contributed by atoms with Crippen molar-refractivity contribution in [2.45, 2.75) is 26.2 Å². The molecule has 0 atom stereocenters. The second-order valence-electron chi connectivity index (χ2n) is 4.32. The Hall–Kier alpha value is -1.48. The standard InChI is InChI=1S/C14H17ClN2O/c1-2-3-6-9-16-14(18)13-12(15)10-7-4-5-8-11(10)17-13/h4-5,7-8,17H,2-3,6,9H2,1H3,(H,16,18). The van der Waals surface area contributed by atoms with Crippen LogP contribution in [0.15, 0.2) is 24.3 Å². The molecule has 4 heteroatoms. The van der Waals surface area contributed by atoms with Crippen LogP contribution in [0.1, 0.15) is 36.7 Å². The minimum absolute atomic E-state index is 0.132. The van der Waals surface area contributed by atoms with E-state index in [0.29, 0.717) is 17.3 Å². The number of carbonyl (C=O) groups is 1. The van der Waals surface area contributed by atoms with Crippen molar-refractivity contribution < 1.29 is 4.79 Å². The van der Waals surface area contributed by atoms with Gasteiger partial charge in [-0.05, 0) is 12.5 Å². The Bertz CT molecular complexity index is 548. The number of carbonyl (C=O) groups excluding carboxylic acids is 1. The van der Waals surface area contributed by atoms with E-state index in [1.54, 1.807) is 0 Å². The molecule has 0 saturated heterocycles. The molecule has 1 heterocycles. The van der Waals surface area contributed by atoms with E-state index in [2.05, 4.69) is 17.2 Å². The van der Waals surface area contributed by atoms with Crippen molar-refractivity contribution in [3.63, 3.8) is 0 Å². The summed E-state index contributed by atoms with van der Waals surface area (Å²) in [5.74, 6) is -0.132. The molecule has 1 aromatic heterocycles. The van der Waals surface area contributed by atoms with Crippen LogP contribution in [0.3, 0.4) is 0 Å². The lowest BCUT2D eigenvalue weighted by molar-refractivity contribution is 0.0949. The van der Waals surface area contributed by atoms with Crippen molar-refractivity contribution in [1.82, 2.24) is 10.3 Å². The molecule has 0 unspecified atom stereocenters. The maximum absolute atomic E-state index is 12.0. The lowest BCUT2D eigenvalue weighted by Gasteiger charge is -2.03. The van der Waals surface area contributed by atoms with Gasteiger partial charge in [-0.25, -0.2) is 0 Å². The molecule has 0 bridgehead atoms. The molecule has 0 aliphatic rings. The van der Waals surface area contributed by atoms with Crippen LogP contribution in [0.4, 0.5) is 0 Å². The Balaban J connectivity index is 2.10. The number of unbranched alkanes of at least 4 members (excludes halogenated alkanes) is 2. The Kier molecular flexibility index (Phi) is 4.26. The van der Waals surface area contributed by atoms with Crippen LogP contribution in [0.2, 0.25) is 5.02 Å². The van der Waals surface area contributed by atoms with Crippen molar-refractivity contribution in [2.24, 2.45) is 0 Å². The zero-order valence-corrected chi connectivity index (χ0v) is 11.2. The van der Waals surface area contributed by atoms with Crippen molar-refractivity contribution >= 4 is 28.4 Å². The number of hydrogen-bond donors (Lipinski definition) is 2. The molecule has 0 spiro atoms. The second kappa shape index (κ2) is 5.91. The molecule has 0 saturated carbocycles.